The van der Waals surface area contributed by atoms with E-state index in [0.717, 1.165) is 32.7 Å². The molecule has 4 aromatic rings. The number of halogens is 1. The molecule has 0 saturated heterocycles. The number of thiazole rings is 1. The molecule has 3 aromatic carbocycles. The van der Waals surface area contributed by atoms with Crippen LogP contribution in [0.2, 0.25) is 0 Å². The van der Waals surface area contributed by atoms with E-state index in [4.69, 9.17) is 4.98 Å². The summed E-state index contributed by atoms with van der Waals surface area (Å²) in [5.74, 6) is -0.0124. The number of aromatic nitrogens is 1. The van der Waals surface area contributed by atoms with E-state index < -0.39 is 0 Å². The van der Waals surface area contributed by atoms with E-state index in [1.54, 1.807) is 16.2 Å². The number of hydrogen-bond acceptors (Lipinski definition) is 4. The molecule has 0 aliphatic carbocycles. The molecule has 4 nitrogen and oxygen atoms in total. The highest BCUT2D eigenvalue weighted by molar-refractivity contribution is 7.22. The van der Waals surface area contributed by atoms with Gasteiger partial charge in [-0.15, -0.1) is 12.4 Å². The molecule has 4 rings (SSSR count). The number of likely N-dealkylation sites (N-methyl/N-ethyl adjacent to an activating group) is 1. The molecule has 0 N–H and O–H groups in total. The van der Waals surface area contributed by atoms with Gasteiger partial charge in [-0.05, 0) is 49.1 Å². The van der Waals surface area contributed by atoms with Gasteiger partial charge in [0.05, 0.1) is 10.2 Å². The summed E-state index contributed by atoms with van der Waals surface area (Å²) in [5, 5.41) is 2.95. The summed E-state index contributed by atoms with van der Waals surface area (Å²) in [6, 6.07) is 22.0. The van der Waals surface area contributed by atoms with Crippen LogP contribution in [0, 0.1) is 0 Å². The molecular weight excluding hydrogens is 390 g/mol. The van der Waals surface area contributed by atoms with Crippen LogP contribution in [-0.4, -0.2) is 43.0 Å². The number of hydrogen-bond donors (Lipinski definition) is 0. The second kappa shape index (κ2) is 8.69. The van der Waals surface area contributed by atoms with E-state index in [-0.39, 0.29) is 18.3 Å². The molecule has 0 saturated carbocycles. The van der Waals surface area contributed by atoms with Gasteiger partial charge in [0.15, 0.2) is 5.13 Å². The van der Waals surface area contributed by atoms with E-state index in [1.165, 1.54) is 0 Å². The van der Waals surface area contributed by atoms with Crippen molar-refractivity contribution in [3.63, 3.8) is 0 Å². The second-order valence-corrected chi connectivity index (χ2v) is 7.80. The van der Waals surface area contributed by atoms with Crippen molar-refractivity contribution in [1.82, 2.24) is 9.88 Å². The summed E-state index contributed by atoms with van der Waals surface area (Å²) in [6.07, 6.45) is 0. The number of amides is 1. The molecule has 144 valence electrons. The average Bonchev–Trinajstić information content (AvgIpc) is 3.11. The predicted molar refractivity (Wildman–Crippen MR) is 121 cm³/mol. The Morgan fingerprint density at radius 3 is 2.39 bits per heavy atom. The monoisotopic (exact) mass is 411 g/mol. The third-order valence-corrected chi connectivity index (χ3v) is 5.59. The smallest absolute Gasteiger partial charge is 0.260 e. The summed E-state index contributed by atoms with van der Waals surface area (Å²) < 4.78 is 1.09. The molecule has 1 heterocycles. The molecule has 0 atom stereocenters. The number of para-hydroxylation sites is 1. The molecule has 0 fully saturated rings. The van der Waals surface area contributed by atoms with Gasteiger partial charge >= 0.3 is 0 Å². The van der Waals surface area contributed by atoms with E-state index in [2.05, 4.69) is 11.0 Å². The van der Waals surface area contributed by atoms with Crippen LogP contribution >= 0.6 is 23.7 Å². The highest BCUT2D eigenvalue weighted by Gasteiger charge is 2.21. The number of benzene rings is 3. The van der Waals surface area contributed by atoms with Crippen LogP contribution in [0.4, 0.5) is 5.13 Å². The van der Waals surface area contributed by atoms with Gasteiger partial charge in [-0.3, -0.25) is 9.69 Å². The Morgan fingerprint density at radius 2 is 1.64 bits per heavy atom. The molecule has 0 aliphatic heterocycles. The quantitative estimate of drug-likeness (QED) is 0.459. The van der Waals surface area contributed by atoms with Gasteiger partial charge in [-0.25, -0.2) is 4.98 Å². The predicted octanol–water partition coefficient (Wildman–Crippen LogP) is 5.08. The number of nitrogens with zero attached hydrogens (tertiary/aromatic N) is 3. The number of carbonyl (C=O) groups is 1. The summed E-state index contributed by atoms with van der Waals surface area (Å²) in [5.41, 5.74) is 1.62. The first-order chi connectivity index (χ1) is 13.1. The van der Waals surface area contributed by atoms with Crippen molar-refractivity contribution in [2.75, 3.05) is 32.1 Å². The van der Waals surface area contributed by atoms with Gasteiger partial charge in [-0.1, -0.05) is 53.8 Å². The molecule has 28 heavy (non-hydrogen) atoms. The Labute approximate surface area is 174 Å². The highest BCUT2D eigenvalue weighted by Crippen LogP contribution is 2.30. The molecule has 0 spiro atoms. The summed E-state index contributed by atoms with van der Waals surface area (Å²) in [6.45, 7) is 1.37. The van der Waals surface area contributed by atoms with Gasteiger partial charge < -0.3 is 4.90 Å². The minimum absolute atomic E-state index is 0. The third kappa shape index (κ3) is 4.17. The third-order valence-electron chi connectivity index (χ3n) is 4.53. The van der Waals surface area contributed by atoms with Gasteiger partial charge in [0.2, 0.25) is 0 Å². The highest BCUT2D eigenvalue weighted by atomic mass is 35.5. The maximum atomic E-state index is 13.4. The van der Waals surface area contributed by atoms with E-state index >= 15 is 0 Å². The van der Waals surface area contributed by atoms with E-state index in [9.17, 15) is 4.79 Å². The Bertz CT molecular complexity index is 1080. The molecule has 6 heteroatoms. The molecule has 1 amide bonds. The normalized spacial score (nSPS) is 11.0. The van der Waals surface area contributed by atoms with Crippen LogP contribution in [-0.2, 0) is 0 Å². The Hall–Kier alpha value is -2.47. The SMILES string of the molecule is CN(C)CCN(C(=O)c1ccc2ccccc2c1)c1nc2ccccc2s1.Cl. The topological polar surface area (TPSA) is 36.4 Å². The maximum Gasteiger partial charge on any atom is 0.260 e. The molecule has 0 aliphatic rings. The van der Waals surface area contributed by atoms with Crippen molar-refractivity contribution in [3.8, 4) is 0 Å². The van der Waals surface area contributed by atoms with Crippen molar-refractivity contribution >= 4 is 55.8 Å². The van der Waals surface area contributed by atoms with Crippen molar-refractivity contribution in [2.24, 2.45) is 0 Å². The van der Waals surface area contributed by atoms with Crippen LogP contribution in [0.5, 0.6) is 0 Å². The van der Waals surface area contributed by atoms with Crippen molar-refractivity contribution in [2.45, 2.75) is 0 Å². The molecule has 1 aromatic heterocycles. The summed E-state index contributed by atoms with van der Waals surface area (Å²) in [4.78, 5) is 21.9. The number of fused-ring (bicyclic) bond motifs is 2. The van der Waals surface area contributed by atoms with Crippen LogP contribution in [0.3, 0.4) is 0 Å². The van der Waals surface area contributed by atoms with Crippen LogP contribution < -0.4 is 4.90 Å². The van der Waals surface area contributed by atoms with Crippen molar-refractivity contribution < 1.29 is 4.79 Å². The number of anilines is 1. The molecule has 0 unspecified atom stereocenters. The first kappa shape index (κ1) is 20.3. The fourth-order valence-corrected chi connectivity index (χ4v) is 4.03. The molecular formula is C22H22ClN3OS. The van der Waals surface area contributed by atoms with Gasteiger partial charge in [-0.2, -0.15) is 0 Å². The minimum Gasteiger partial charge on any atom is -0.308 e. The van der Waals surface area contributed by atoms with Gasteiger partial charge in [0.25, 0.3) is 5.91 Å². The standard InChI is InChI=1S/C22H21N3OS.ClH/c1-24(2)13-14-25(22-23-19-9-5-6-10-20(19)27-22)21(26)18-12-11-16-7-3-4-8-17(16)15-18;/h3-12,15H,13-14H2,1-2H3;1H. The number of rotatable bonds is 5. The second-order valence-electron chi connectivity index (χ2n) is 6.79. The summed E-state index contributed by atoms with van der Waals surface area (Å²) >= 11 is 1.56. The zero-order chi connectivity index (χ0) is 18.8. The zero-order valence-electron chi connectivity index (χ0n) is 15.8. The lowest BCUT2D eigenvalue weighted by Crippen LogP contribution is -2.36. The summed E-state index contributed by atoms with van der Waals surface area (Å²) in [7, 11) is 4.02. The minimum atomic E-state index is -0.0124. The lowest BCUT2D eigenvalue weighted by molar-refractivity contribution is 0.0985. The largest absolute Gasteiger partial charge is 0.308 e. The van der Waals surface area contributed by atoms with Crippen LogP contribution in [0.25, 0.3) is 21.0 Å². The Morgan fingerprint density at radius 1 is 0.929 bits per heavy atom. The van der Waals surface area contributed by atoms with Gasteiger partial charge in [0, 0.05) is 18.7 Å². The average molecular weight is 412 g/mol. The van der Waals surface area contributed by atoms with Crippen LogP contribution in [0.1, 0.15) is 10.4 Å². The lowest BCUT2D eigenvalue weighted by Gasteiger charge is -2.22. The first-order valence-corrected chi connectivity index (χ1v) is 9.74. The van der Waals surface area contributed by atoms with Gasteiger partial charge in [0.1, 0.15) is 0 Å². The first-order valence-electron chi connectivity index (χ1n) is 8.93. The Kier molecular flexibility index (Phi) is 6.29. The van der Waals surface area contributed by atoms with Crippen molar-refractivity contribution in [3.05, 3.63) is 72.3 Å². The molecule has 0 bridgehead atoms. The van der Waals surface area contributed by atoms with Crippen molar-refractivity contribution in [1.29, 1.82) is 0 Å². The molecule has 0 radical (unpaired) electrons. The fourth-order valence-electron chi connectivity index (χ4n) is 3.04. The fraction of sp³-hybridized carbons (Fsp3) is 0.182. The zero-order valence-corrected chi connectivity index (χ0v) is 17.5. The van der Waals surface area contributed by atoms with E-state index in [1.807, 2.05) is 74.8 Å². The van der Waals surface area contributed by atoms with E-state index in [0.29, 0.717) is 12.1 Å². The van der Waals surface area contributed by atoms with Crippen LogP contribution in [0.15, 0.2) is 66.7 Å². The number of carbonyl (C=O) groups excluding carboxylic acids is 1. The lowest BCUT2D eigenvalue weighted by atomic mass is 10.1. The maximum absolute atomic E-state index is 13.4. The Balaban J connectivity index is 0.00000225.